The van der Waals surface area contributed by atoms with Crippen molar-refractivity contribution in [1.82, 2.24) is 4.98 Å². The van der Waals surface area contributed by atoms with E-state index in [1.165, 1.54) is 6.07 Å². The van der Waals surface area contributed by atoms with Crippen LogP contribution in [0.4, 0.5) is 0 Å². The van der Waals surface area contributed by atoms with Crippen molar-refractivity contribution in [2.24, 2.45) is 0 Å². The second kappa shape index (κ2) is 2.37. The van der Waals surface area contributed by atoms with Crippen LogP contribution in [-0.4, -0.2) is 16.4 Å². The highest BCUT2D eigenvalue weighted by Gasteiger charge is 2.05. The number of H-pyrrole nitrogens is 1. The van der Waals surface area contributed by atoms with E-state index in [4.69, 9.17) is 0 Å². The molecule has 0 fully saturated rings. The van der Waals surface area contributed by atoms with E-state index in [2.05, 4.69) is 4.98 Å². The van der Waals surface area contributed by atoms with Crippen molar-refractivity contribution >= 4 is 17.2 Å². The van der Waals surface area contributed by atoms with E-state index >= 15 is 0 Å². The topological polar surface area (TPSA) is 53.1 Å². The zero-order chi connectivity index (χ0) is 8.55. The standard InChI is InChI=1S/C9H7NO2/c11-5-7-8(12)2-1-6-3-4-10-9(6)7/h1-5,10,12H. The summed E-state index contributed by atoms with van der Waals surface area (Å²) in [6, 6.07) is 5.12. The largest absolute Gasteiger partial charge is 0.507 e. The van der Waals surface area contributed by atoms with Gasteiger partial charge in [0, 0.05) is 11.6 Å². The summed E-state index contributed by atoms with van der Waals surface area (Å²) in [7, 11) is 0. The molecule has 0 aliphatic rings. The van der Waals surface area contributed by atoms with Crippen LogP contribution >= 0.6 is 0 Å². The molecule has 3 nitrogen and oxygen atoms in total. The zero-order valence-electron chi connectivity index (χ0n) is 6.24. The van der Waals surface area contributed by atoms with Crippen molar-refractivity contribution < 1.29 is 9.90 Å². The number of phenols is 1. The molecule has 60 valence electrons. The molecule has 1 aromatic heterocycles. The first-order chi connectivity index (χ1) is 5.83. The number of rotatable bonds is 1. The Morgan fingerprint density at radius 1 is 1.33 bits per heavy atom. The number of hydrogen-bond donors (Lipinski definition) is 2. The molecule has 2 N–H and O–H groups in total. The van der Waals surface area contributed by atoms with Crippen LogP contribution in [0.25, 0.3) is 10.9 Å². The highest BCUT2D eigenvalue weighted by atomic mass is 16.3. The lowest BCUT2D eigenvalue weighted by Gasteiger charge is -1.97. The first kappa shape index (κ1) is 6.91. The minimum absolute atomic E-state index is 0.0138. The molecule has 0 aliphatic heterocycles. The fraction of sp³-hybridized carbons (Fsp3) is 0. The van der Waals surface area contributed by atoms with E-state index in [0.29, 0.717) is 17.4 Å². The van der Waals surface area contributed by atoms with Gasteiger partial charge in [-0.2, -0.15) is 0 Å². The predicted molar refractivity (Wildman–Crippen MR) is 45.4 cm³/mol. The lowest BCUT2D eigenvalue weighted by atomic mass is 10.1. The molecular formula is C9H7NO2. The summed E-state index contributed by atoms with van der Waals surface area (Å²) in [6.07, 6.45) is 2.38. The molecule has 0 saturated carbocycles. The number of carbonyl (C=O) groups is 1. The van der Waals surface area contributed by atoms with Crippen molar-refractivity contribution in [1.29, 1.82) is 0 Å². The molecule has 0 aliphatic carbocycles. The fourth-order valence-corrected chi connectivity index (χ4v) is 1.26. The van der Waals surface area contributed by atoms with E-state index < -0.39 is 0 Å². The maximum atomic E-state index is 10.6. The SMILES string of the molecule is O=Cc1c(O)ccc2cc[nH]c12. The molecule has 0 spiro atoms. The number of hydrogen-bond acceptors (Lipinski definition) is 2. The number of fused-ring (bicyclic) bond motifs is 1. The monoisotopic (exact) mass is 161 g/mol. The quantitative estimate of drug-likeness (QED) is 0.625. The Kier molecular flexibility index (Phi) is 1.37. The van der Waals surface area contributed by atoms with E-state index in [0.717, 1.165) is 5.39 Å². The third kappa shape index (κ3) is 0.797. The first-order valence-electron chi connectivity index (χ1n) is 3.57. The summed E-state index contributed by atoms with van der Waals surface area (Å²) in [6.45, 7) is 0. The highest BCUT2D eigenvalue weighted by molar-refractivity contribution is 5.98. The van der Waals surface area contributed by atoms with Crippen molar-refractivity contribution in [3.8, 4) is 5.75 Å². The fourth-order valence-electron chi connectivity index (χ4n) is 1.26. The Bertz CT molecular complexity index is 431. The molecule has 3 heteroatoms. The van der Waals surface area contributed by atoms with Gasteiger partial charge in [0.25, 0.3) is 0 Å². The summed E-state index contributed by atoms with van der Waals surface area (Å²) in [5.74, 6) is 0.0138. The maximum absolute atomic E-state index is 10.6. The van der Waals surface area contributed by atoms with Crippen LogP contribution in [-0.2, 0) is 0 Å². The second-order valence-electron chi connectivity index (χ2n) is 2.56. The highest BCUT2D eigenvalue weighted by Crippen LogP contribution is 2.23. The molecule has 2 aromatic rings. The molecule has 1 heterocycles. The lowest BCUT2D eigenvalue weighted by Crippen LogP contribution is -1.82. The van der Waals surface area contributed by atoms with E-state index in [1.54, 1.807) is 12.3 Å². The van der Waals surface area contributed by atoms with Crippen molar-refractivity contribution in [3.05, 3.63) is 30.0 Å². The third-order valence-corrected chi connectivity index (χ3v) is 1.86. The molecule has 1 aromatic carbocycles. The van der Waals surface area contributed by atoms with Gasteiger partial charge in [-0.15, -0.1) is 0 Å². The summed E-state index contributed by atoms with van der Waals surface area (Å²) in [5.41, 5.74) is 1.00. The van der Waals surface area contributed by atoms with E-state index in [-0.39, 0.29) is 5.75 Å². The average molecular weight is 161 g/mol. The molecule has 0 radical (unpaired) electrons. The number of aldehydes is 1. The second-order valence-corrected chi connectivity index (χ2v) is 2.56. The van der Waals surface area contributed by atoms with Crippen molar-refractivity contribution in [3.63, 3.8) is 0 Å². The van der Waals surface area contributed by atoms with Crippen LogP contribution in [0.15, 0.2) is 24.4 Å². The van der Waals surface area contributed by atoms with Crippen LogP contribution in [0.3, 0.4) is 0 Å². The Hall–Kier alpha value is -1.77. The molecule has 2 rings (SSSR count). The van der Waals surface area contributed by atoms with Crippen LogP contribution in [0.2, 0.25) is 0 Å². The molecule has 0 amide bonds. The van der Waals surface area contributed by atoms with Gasteiger partial charge in [-0.3, -0.25) is 4.79 Å². The summed E-state index contributed by atoms with van der Waals surface area (Å²) in [4.78, 5) is 13.4. The van der Waals surface area contributed by atoms with Gasteiger partial charge in [-0.25, -0.2) is 0 Å². The first-order valence-corrected chi connectivity index (χ1v) is 3.57. The number of aromatic hydroxyl groups is 1. The van der Waals surface area contributed by atoms with Gasteiger partial charge < -0.3 is 10.1 Å². The van der Waals surface area contributed by atoms with Crippen LogP contribution in [0, 0.1) is 0 Å². The van der Waals surface area contributed by atoms with Gasteiger partial charge in [0.2, 0.25) is 0 Å². The predicted octanol–water partition coefficient (Wildman–Crippen LogP) is 1.69. The average Bonchev–Trinajstić information content (AvgIpc) is 2.52. The normalized spacial score (nSPS) is 10.3. The van der Waals surface area contributed by atoms with E-state index in [1.807, 2.05) is 6.07 Å². The Labute approximate surface area is 68.6 Å². The number of benzene rings is 1. The van der Waals surface area contributed by atoms with Gasteiger partial charge in [0.1, 0.15) is 5.75 Å². The molecular weight excluding hydrogens is 154 g/mol. The Morgan fingerprint density at radius 2 is 2.17 bits per heavy atom. The maximum Gasteiger partial charge on any atom is 0.155 e. The number of carbonyl (C=O) groups excluding carboxylic acids is 1. The Morgan fingerprint density at radius 3 is 2.92 bits per heavy atom. The molecule has 0 unspecified atom stereocenters. The van der Waals surface area contributed by atoms with Crippen molar-refractivity contribution in [2.75, 3.05) is 0 Å². The number of aromatic nitrogens is 1. The molecule has 0 saturated heterocycles. The molecule has 0 atom stereocenters. The number of phenolic OH excluding ortho intramolecular Hbond substituents is 1. The van der Waals surface area contributed by atoms with Crippen LogP contribution < -0.4 is 0 Å². The molecule has 12 heavy (non-hydrogen) atoms. The Balaban J connectivity index is 2.91. The van der Waals surface area contributed by atoms with Gasteiger partial charge in [0.15, 0.2) is 6.29 Å². The molecule has 0 bridgehead atoms. The lowest BCUT2D eigenvalue weighted by molar-refractivity contribution is 0.112. The van der Waals surface area contributed by atoms with Gasteiger partial charge in [-0.05, 0) is 18.2 Å². The number of nitrogens with one attached hydrogen (secondary N) is 1. The van der Waals surface area contributed by atoms with Crippen molar-refractivity contribution in [2.45, 2.75) is 0 Å². The smallest absolute Gasteiger partial charge is 0.155 e. The van der Waals surface area contributed by atoms with Gasteiger partial charge in [0.05, 0.1) is 11.1 Å². The summed E-state index contributed by atoms with van der Waals surface area (Å²) >= 11 is 0. The van der Waals surface area contributed by atoms with E-state index in [9.17, 15) is 9.90 Å². The number of aromatic amines is 1. The van der Waals surface area contributed by atoms with Gasteiger partial charge in [-0.1, -0.05) is 0 Å². The van der Waals surface area contributed by atoms with Crippen LogP contribution in [0.1, 0.15) is 10.4 Å². The van der Waals surface area contributed by atoms with Gasteiger partial charge >= 0.3 is 0 Å². The summed E-state index contributed by atoms with van der Waals surface area (Å²) in [5, 5.41) is 10.2. The third-order valence-electron chi connectivity index (χ3n) is 1.86. The van der Waals surface area contributed by atoms with Crippen LogP contribution in [0.5, 0.6) is 5.75 Å². The minimum Gasteiger partial charge on any atom is -0.507 e. The minimum atomic E-state index is 0.0138. The summed E-state index contributed by atoms with van der Waals surface area (Å²) < 4.78 is 0. The zero-order valence-corrected chi connectivity index (χ0v) is 6.24.